The van der Waals surface area contributed by atoms with Gasteiger partial charge in [0.2, 0.25) is 5.91 Å². The minimum atomic E-state index is -3.07. The summed E-state index contributed by atoms with van der Waals surface area (Å²) in [6.07, 6.45) is 5.47. The predicted octanol–water partition coefficient (Wildman–Crippen LogP) is 2.11. The van der Waals surface area contributed by atoms with Crippen molar-refractivity contribution in [1.82, 2.24) is 24.6 Å². The van der Waals surface area contributed by atoms with Crippen molar-refractivity contribution in [3.8, 4) is 11.4 Å². The Labute approximate surface area is 184 Å². The number of hydrogen-bond donors (Lipinski definition) is 0. The molecule has 9 nitrogen and oxygen atoms in total. The lowest BCUT2D eigenvalue weighted by Crippen LogP contribution is -2.41. The second-order valence-corrected chi connectivity index (χ2v) is 11.0. The van der Waals surface area contributed by atoms with Crippen molar-refractivity contribution in [1.29, 1.82) is 0 Å². The fourth-order valence-corrected chi connectivity index (χ4v) is 6.27. The Bertz CT molecular complexity index is 1150. The molecule has 11 heteroatoms. The molecule has 3 aromatic rings. The molecule has 0 radical (unpaired) electrons. The van der Waals surface area contributed by atoms with Gasteiger partial charge in [0.15, 0.2) is 20.8 Å². The van der Waals surface area contributed by atoms with Crippen LogP contribution in [0.3, 0.4) is 0 Å². The summed E-state index contributed by atoms with van der Waals surface area (Å²) in [4.78, 5) is 18.7. The highest BCUT2D eigenvalue weighted by molar-refractivity contribution is 8.00. The third kappa shape index (κ3) is 4.82. The van der Waals surface area contributed by atoms with Gasteiger partial charge < -0.3 is 9.32 Å². The molecule has 31 heavy (non-hydrogen) atoms. The Kier molecular flexibility index (Phi) is 6.15. The number of amides is 1. The van der Waals surface area contributed by atoms with Crippen LogP contribution in [0.5, 0.6) is 0 Å². The molecule has 0 spiro atoms. The number of nitrogens with zero attached hydrogens (tertiary/aromatic N) is 5. The lowest BCUT2D eigenvalue weighted by molar-refractivity contribution is -0.130. The number of thioether (sulfide) groups is 1. The van der Waals surface area contributed by atoms with Gasteiger partial charge in [0.1, 0.15) is 5.76 Å². The first-order valence-corrected chi connectivity index (χ1v) is 12.5. The predicted molar refractivity (Wildman–Crippen MR) is 116 cm³/mol. The first-order chi connectivity index (χ1) is 14.8. The monoisotopic (exact) mass is 461 g/mol. The van der Waals surface area contributed by atoms with Crippen molar-refractivity contribution < 1.29 is 17.6 Å². The number of rotatable bonds is 7. The zero-order valence-corrected chi connectivity index (χ0v) is 18.8. The average molecular weight is 462 g/mol. The molecule has 0 aliphatic carbocycles. The molecule has 4 heterocycles. The number of carbonyl (C=O) groups is 1. The maximum Gasteiger partial charge on any atom is 0.235 e. The molecule has 0 bridgehead atoms. The summed E-state index contributed by atoms with van der Waals surface area (Å²) in [7, 11) is -1.40. The summed E-state index contributed by atoms with van der Waals surface area (Å²) in [6, 6.07) is 7.11. The van der Waals surface area contributed by atoms with Crippen LogP contribution in [0.4, 0.5) is 0 Å². The molecule has 1 saturated heterocycles. The van der Waals surface area contributed by atoms with Gasteiger partial charge in [-0.2, -0.15) is 0 Å². The summed E-state index contributed by atoms with van der Waals surface area (Å²) in [5.74, 6) is 1.37. The van der Waals surface area contributed by atoms with Gasteiger partial charge in [-0.05, 0) is 37.6 Å². The molecular formula is C20H23N5O4S2. The molecule has 0 N–H and O–H groups in total. The minimum Gasteiger partial charge on any atom is -0.467 e. The van der Waals surface area contributed by atoms with E-state index in [0.717, 1.165) is 11.3 Å². The van der Waals surface area contributed by atoms with Crippen LogP contribution in [0.25, 0.3) is 11.4 Å². The maximum absolute atomic E-state index is 13.0. The van der Waals surface area contributed by atoms with Crippen LogP contribution in [-0.4, -0.2) is 68.8 Å². The minimum absolute atomic E-state index is 0.0203. The third-order valence-corrected chi connectivity index (χ3v) is 8.08. The van der Waals surface area contributed by atoms with Crippen molar-refractivity contribution in [2.75, 3.05) is 18.6 Å². The molecule has 1 fully saturated rings. The molecule has 0 aromatic carbocycles. The first kappa shape index (κ1) is 21.6. The van der Waals surface area contributed by atoms with E-state index in [1.54, 1.807) is 37.5 Å². The van der Waals surface area contributed by atoms with Gasteiger partial charge in [0.05, 0.1) is 29.6 Å². The largest absolute Gasteiger partial charge is 0.467 e. The molecular weight excluding hydrogens is 438 g/mol. The molecule has 1 aliphatic rings. The Hall–Kier alpha value is -2.66. The van der Waals surface area contributed by atoms with Gasteiger partial charge in [0, 0.05) is 31.0 Å². The van der Waals surface area contributed by atoms with Gasteiger partial charge in [-0.1, -0.05) is 11.8 Å². The number of hydrogen-bond acceptors (Lipinski definition) is 8. The standard InChI is InChI=1S/C20H23N5O4S2/c1-14(19(26)24(2)16-7-10-31(27,28)13-16)30-20-23-22-18(15-5-3-8-21-11-15)25(20)12-17-6-4-9-29-17/h3-6,8-9,11,14,16H,7,10,12-13H2,1-2H3/t14-,16-/m0/s1. The fraction of sp³-hybridized carbons (Fsp3) is 0.400. The van der Waals surface area contributed by atoms with E-state index < -0.39 is 15.1 Å². The molecule has 2 atom stereocenters. The van der Waals surface area contributed by atoms with Gasteiger partial charge in [-0.15, -0.1) is 10.2 Å². The van der Waals surface area contributed by atoms with E-state index in [1.165, 1.54) is 11.8 Å². The quantitative estimate of drug-likeness (QED) is 0.492. The zero-order chi connectivity index (χ0) is 22.0. The lowest BCUT2D eigenvalue weighted by atomic mass is 10.2. The summed E-state index contributed by atoms with van der Waals surface area (Å²) in [6.45, 7) is 2.20. The first-order valence-electron chi connectivity index (χ1n) is 9.84. The molecule has 0 unspecified atom stereocenters. The normalized spacial score (nSPS) is 18.7. The molecule has 164 valence electrons. The van der Waals surface area contributed by atoms with Crippen molar-refractivity contribution in [2.24, 2.45) is 0 Å². The SMILES string of the molecule is C[C@H](Sc1nnc(-c2cccnc2)n1Cc1ccco1)C(=O)N(C)[C@H]1CCS(=O)(=O)C1. The second-order valence-electron chi connectivity index (χ2n) is 7.48. The number of carbonyl (C=O) groups excluding carboxylic acids is 1. The van der Waals surface area contributed by atoms with Gasteiger partial charge in [-0.25, -0.2) is 8.42 Å². The van der Waals surface area contributed by atoms with Crippen molar-refractivity contribution in [3.05, 3.63) is 48.7 Å². The van der Waals surface area contributed by atoms with Crippen LogP contribution in [-0.2, 0) is 21.2 Å². The van der Waals surface area contributed by atoms with E-state index >= 15 is 0 Å². The summed E-state index contributed by atoms with van der Waals surface area (Å²) in [5, 5.41) is 8.75. The number of pyridine rings is 1. The van der Waals surface area contributed by atoms with E-state index in [0.29, 0.717) is 23.9 Å². The number of furan rings is 1. The summed E-state index contributed by atoms with van der Waals surface area (Å²) in [5.41, 5.74) is 0.806. The summed E-state index contributed by atoms with van der Waals surface area (Å²) >= 11 is 1.29. The Morgan fingerprint density at radius 2 is 2.19 bits per heavy atom. The fourth-order valence-electron chi connectivity index (χ4n) is 3.54. The average Bonchev–Trinajstić information content (AvgIpc) is 3.49. The van der Waals surface area contributed by atoms with Crippen LogP contribution in [0.2, 0.25) is 0 Å². The third-order valence-electron chi connectivity index (χ3n) is 5.26. The van der Waals surface area contributed by atoms with E-state index in [4.69, 9.17) is 4.42 Å². The van der Waals surface area contributed by atoms with Crippen LogP contribution >= 0.6 is 11.8 Å². The Morgan fingerprint density at radius 3 is 2.84 bits per heavy atom. The van der Waals surface area contributed by atoms with Crippen LogP contribution in [0, 0.1) is 0 Å². The topological polar surface area (TPSA) is 111 Å². The second kappa shape index (κ2) is 8.83. The van der Waals surface area contributed by atoms with Gasteiger partial charge in [0.25, 0.3) is 0 Å². The van der Waals surface area contributed by atoms with Crippen molar-refractivity contribution in [3.63, 3.8) is 0 Å². The zero-order valence-electron chi connectivity index (χ0n) is 17.2. The molecule has 3 aromatic heterocycles. The van der Waals surface area contributed by atoms with Crippen LogP contribution in [0.1, 0.15) is 19.1 Å². The van der Waals surface area contributed by atoms with Gasteiger partial charge >= 0.3 is 0 Å². The van der Waals surface area contributed by atoms with E-state index in [2.05, 4.69) is 15.2 Å². The highest BCUT2D eigenvalue weighted by atomic mass is 32.2. The number of aromatic nitrogens is 4. The van der Waals surface area contributed by atoms with Crippen LogP contribution < -0.4 is 0 Å². The smallest absolute Gasteiger partial charge is 0.235 e. The lowest BCUT2D eigenvalue weighted by Gasteiger charge is -2.26. The molecule has 0 saturated carbocycles. The Morgan fingerprint density at radius 1 is 1.35 bits per heavy atom. The molecule has 1 aliphatic heterocycles. The van der Waals surface area contributed by atoms with Crippen LogP contribution in [0.15, 0.2) is 52.5 Å². The summed E-state index contributed by atoms with van der Waals surface area (Å²) < 4.78 is 31.0. The maximum atomic E-state index is 13.0. The van der Waals surface area contributed by atoms with E-state index in [1.807, 2.05) is 28.8 Å². The molecule has 4 rings (SSSR count). The molecule has 1 amide bonds. The van der Waals surface area contributed by atoms with Crippen molar-refractivity contribution in [2.45, 2.75) is 36.3 Å². The highest BCUT2D eigenvalue weighted by Gasteiger charge is 2.34. The Balaban J connectivity index is 1.56. The van der Waals surface area contributed by atoms with E-state index in [9.17, 15) is 13.2 Å². The number of sulfone groups is 1. The van der Waals surface area contributed by atoms with Crippen molar-refractivity contribution >= 4 is 27.5 Å². The van der Waals surface area contributed by atoms with E-state index in [-0.39, 0.29) is 23.5 Å². The van der Waals surface area contributed by atoms with Gasteiger partial charge in [-0.3, -0.25) is 14.3 Å². The highest BCUT2D eigenvalue weighted by Crippen LogP contribution is 2.29.